The van der Waals surface area contributed by atoms with Gasteiger partial charge in [0.1, 0.15) is 5.75 Å². The molecular weight excluding hydrogens is 302 g/mol. The smallest absolute Gasteiger partial charge is 0.119 e. The van der Waals surface area contributed by atoms with Crippen LogP contribution >= 0.6 is 15.9 Å². The van der Waals surface area contributed by atoms with Crippen LogP contribution in [0.25, 0.3) is 0 Å². The molecule has 0 saturated carbocycles. The van der Waals surface area contributed by atoms with Crippen LogP contribution in [0.3, 0.4) is 0 Å². The largest absolute Gasteiger partial charge is 0.494 e. The standard InChI is InChI=1S/C16H18BrNO/c1-13-8-9-14(17)12-16(13)18-10-5-11-19-15-6-3-2-4-7-15/h2-4,6-9,12,18H,5,10-11H2,1H3. The van der Waals surface area contributed by atoms with Gasteiger partial charge in [-0.15, -0.1) is 0 Å². The summed E-state index contributed by atoms with van der Waals surface area (Å²) in [6.45, 7) is 3.74. The van der Waals surface area contributed by atoms with E-state index in [-0.39, 0.29) is 0 Å². The van der Waals surface area contributed by atoms with Crippen molar-refractivity contribution in [3.05, 3.63) is 58.6 Å². The Hall–Kier alpha value is -1.48. The average Bonchev–Trinajstić information content (AvgIpc) is 2.43. The van der Waals surface area contributed by atoms with Crippen LogP contribution in [-0.2, 0) is 0 Å². The fourth-order valence-corrected chi connectivity index (χ4v) is 2.15. The average molecular weight is 320 g/mol. The maximum Gasteiger partial charge on any atom is 0.119 e. The highest BCUT2D eigenvalue weighted by Crippen LogP contribution is 2.20. The first-order valence-electron chi connectivity index (χ1n) is 6.43. The predicted octanol–water partition coefficient (Wildman–Crippen LogP) is 4.64. The number of halogens is 1. The lowest BCUT2D eigenvalue weighted by molar-refractivity contribution is 0.315. The van der Waals surface area contributed by atoms with E-state index in [2.05, 4.69) is 46.4 Å². The molecule has 0 aromatic heterocycles. The first kappa shape index (κ1) is 13.9. The van der Waals surface area contributed by atoms with E-state index in [9.17, 15) is 0 Å². The Morgan fingerprint density at radius 3 is 2.68 bits per heavy atom. The van der Waals surface area contributed by atoms with Crippen LogP contribution < -0.4 is 10.1 Å². The fraction of sp³-hybridized carbons (Fsp3) is 0.250. The number of rotatable bonds is 6. The Morgan fingerprint density at radius 1 is 1.11 bits per heavy atom. The summed E-state index contributed by atoms with van der Waals surface area (Å²) in [6, 6.07) is 16.2. The van der Waals surface area contributed by atoms with Gasteiger partial charge in [-0.1, -0.05) is 40.2 Å². The molecule has 0 atom stereocenters. The minimum absolute atomic E-state index is 0.726. The second-order valence-corrected chi connectivity index (χ2v) is 5.32. The number of benzene rings is 2. The van der Waals surface area contributed by atoms with E-state index >= 15 is 0 Å². The number of nitrogens with one attached hydrogen (secondary N) is 1. The summed E-state index contributed by atoms with van der Waals surface area (Å²) in [6.07, 6.45) is 0.973. The number of aryl methyl sites for hydroxylation is 1. The molecule has 0 heterocycles. The van der Waals surface area contributed by atoms with Crippen LogP contribution in [0.5, 0.6) is 5.75 Å². The summed E-state index contributed by atoms with van der Waals surface area (Å²) < 4.78 is 6.75. The molecule has 100 valence electrons. The van der Waals surface area contributed by atoms with Gasteiger partial charge in [0.05, 0.1) is 6.61 Å². The number of hydrogen-bond acceptors (Lipinski definition) is 2. The van der Waals surface area contributed by atoms with Crippen molar-refractivity contribution in [3.8, 4) is 5.75 Å². The van der Waals surface area contributed by atoms with Gasteiger partial charge in [-0.05, 0) is 43.2 Å². The van der Waals surface area contributed by atoms with E-state index in [4.69, 9.17) is 4.74 Å². The molecular formula is C16H18BrNO. The summed E-state index contributed by atoms with van der Waals surface area (Å²) in [5, 5.41) is 3.43. The monoisotopic (exact) mass is 319 g/mol. The van der Waals surface area contributed by atoms with E-state index in [1.807, 2.05) is 30.3 Å². The third kappa shape index (κ3) is 4.60. The number of para-hydroxylation sites is 1. The highest BCUT2D eigenvalue weighted by molar-refractivity contribution is 9.10. The Bertz CT molecular complexity index is 513. The van der Waals surface area contributed by atoms with Crippen molar-refractivity contribution >= 4 is 21.6 Å². The van der Waals surface area contributed by atoms with Gasteiger partial charge in [0.25, 0.3) is 0 Å². The van der Waals surface area contributed by atoms with E-state index in [0.29, 0.717) is 0 Å². The maximum atomic E-state index is 5.65. The zero-order valence-electron chi connectivity index (χ0n) is 11.0. The number of ether oxygens (including phenoxy) is 1. The van der Waals surface area contributed by atoms with Crippen molar-refractivity contribution < 1.29 is 4.74 Å². The molecule has 0 aliphatic rings. The molecule has 3 heteroatoms. The normalized spacial score (nSPS) is 10.2. The Kier molecular flexibility index (Phi) is 5.28. The molecule has 0 radical (unpaired) electrons. The van der Waals surface area contributed by atoms with Crippen molar-refractivity contribution in [3.63, 3.8) is 0 Å². The second-order valence-electron chi connectivity index (χ2n) is 4.40. The van der Waals surface area contributed by atoms with Crippen LogP contribution in [0.1, 0.15) is 12.0 Å². The molecule has 0 spiro atoms. The molecule has 0 aliphatic carbocycles. The van der Waals surface area contributed by atoms with Gasteiger partial charge in [-0.25, -0.2) is 0 Å². The van der Waals surface area contributed by atoms with Crippen molar-refractivity contribution in [2.45, 2.75) is 13.3 Å². The van der Waals surface area contributed by atoms with Gasteiger partial charge in [0, 0.05) is 16.7 Å². The first-order chi connectivity index (χ1) is 9.25. The summed E-state index contributed by atoms with van der Waals surface area (Å²) in [4.78, 5) is 0. The second kappa shape index (κ2) is 7.19. The van der Waals surface area contributed by atoms with E-state index in [1.165, 1.54) is 11.3 Å². The summed E-state index contributed by atoms with van der Waals surface area (Å²) in [5.74, 6) is 0.932. The number of anilines is 1. The topological polar surface area (TPSA) is 21.3 Å². The van der Waals surface area contributed by atoms with Gasteiger partial charge in [-0.3, -0.25) is 0 Å². The van der Waals surface area contributed by atoms with Crippen molar-refractivity contribution in [1.82, 2.24) is 0 Å². The molecule has 19 heavy (non-hydrogen) atoms. The van der Waals surface area contributed by atoms with Gasteiger partial charge in [0.15, 0.2) is 0 Å². The summed E-state index contributed by atoms with van der Waals surface area (Å²) >= 11 is 3.48. The summed E-state index contributed by atoms with van der Waals surface area (Å²) in [5.41, 5.74) is 2.43. The van der Waals surface area contributed by atoms with Gasteiger partial charge >= 0.3 is 0 Å². The maximum absolute atomic E-state index is 5.65. The van der Waals surface area contributed by atoms with Crippen LogP contribution in [-0.4, -0.2) is 13.2 Å². The van der Waals surface area contributed by atoms with Gasteiger partial charge < -0.3 is 10.1 Å². The third-order valence-corrected chi connectivity index (χ3v) is 3.34. The Balaban J connectivity index is 1.71. The molecule has 2 nitrogen and oxygen atoms in total. The third-order valence-electron chi connectivity index (χ3n) is 2.85. The van der Waals surface area contributed by atoms with Crippen molar-refractivity contribution in [1.29, 1.82) is 0 Å². The van der Waals surface area contributed by atoms with Crippen LogP contribution in [0.4, 0.5) is 5.69 Å². The fourth-order valence-electron chi connectivity index (χ4n) is 1.79. The molecule has 0 saturated heterocycles. The van der Waals surface area contributed by atoms with E-state index in [1.54, 1.807) is 0 Å². The molecule has 0 fully saturated rings. The van der Waals surface area contributed by atoms with Crippen molar-refractivity contribution in [2.75, 3.05) is 18.5 Å². The SMILES string of the molecule is Cc1ccc(Br)cc1NCCCOc1ccccc1. The van der Waals surface area contributed by atoms with Crippen LogP contribution in [0.2, 0.25) is 0 Å². The van der Waals surface area contributed by atoms with Crippen LogP contribution in [0.15, 0.2) is 53.0 Å². The van der Waals surface area contributed by atoms with Crippen LogP contribution in [0, 0.1) is 6.92 Å². The predicted molar refractivity (Wildman–Crippen MR) is 83.9 cm³/mol. The van der Waals surface area contributed by atoms with E-state index in [0.717, 1.165) is 29.8 Å². The van der Waals surface area contributed by atoms with Crippen molar-refractivity contribution in [2.24, 2.45) is 0 Å². The van der Waals surface area contributed by atoms with Gasteiger partial charge in [-0.2, -0.15) is 0 Å². The lowest BCUT2D eigenvalue weighted by atomic mass is 10.2. The number of hydrogen-bond donors (Lipinski definition) is 1. The first-order valence-corrected chi connectivity index (χ1v) is 7.23. The lowest BCUT2D eigenvalue weighted by Gasteiger charge is -2.10. The van der Waals surface area contributed by atoms with Gasteiger partial charge in [0.2, 0.25) is 0 Å². The molecule has 0 bridgehead atoms. The quantitative estimate of drug-likeness (QED) is 0.783. The molecule has 2 aromatic carbocycles. The molecule has 0 unspecified atom stereocenters. The molecule has 0 aliphatic heterocycles. The minimum Gasteiger partial charge on any atom is -0.494 e. The highest BCUT2D eigenvalue weighted by Gasteiger charge is 1.98. The summed E-state index contributed by atoms with van der Waals surface area (Å²) in [7, 11) is 0. The molecule has 2 rings (SSSR count). The Morgan fingerprint density at radius 2 is 1.89 bits per heavy atom. The lowest BCUT2D eigenvalue weighted by Crippen LogP contribution is -2.08. The highest BCUT2D eigenvalue weighted by atomic mass is 79.9. The zero-order chi connectivity index (χ0) is 13.5. The van der Waals surface area contributed by atoms with E-state index < -0.39 is 0 Å². The molecule has 0 amide bonds. The Labute approximate surface area is 122 Å². The molecule has 2 aromatic rings. The molecule has 1 N–H and O–H groups in total. The minimum atomic E-state index is 0.726. The zero-order valence-corrected chi connectivity index (χ0v) is 12.6.